The van der Waals surface area contributed by atoms with Crippen molar-refractivity contribution in [1.29, 1.82) is 0 Å². The number of hydrogen-bond acceptors (Lipinski definition) is 0. The summed E-state index contributed by atoms with van der Waals surface area (Å²) in [6.45, 7) is 5.49. The van der Waals surface area contributed by atoms with E-state index in [0.717, 1.165) is 6.54 Å². The van der Waals surface area contributed by atoms with Gasteiger partial charge in [0, 0.05) is 0 Å². The molecule has 2 heteroatoms. The fourth-order valence-electron chi connectivity index (χ4n) is 3.32. The fraction of sp³-hybridized carbons (Fsp3) is 0.591. The monoisotopic (exact) mass is 327 g/mol. The number of aryl methyl sites for hydroxylation is 2. The van der Waals surface area contributed by atoms with E-state index in [2.05, 4.69) is 66.0 Å². The van der Waals surface area contributed by atoms with E-state index in [1.165, 1.54) is 75.5 Å². The summed E-state index contributed by atoms with van der Waals surface area (Å²) >= 11 is 0. The van der Waals surface area contributed by atoms with Gasteiger partial charge in [0.05, 0.1) is 6.54 Å². The summed E-state index contributed by atoms with van der Waals surface area (Å²) in [4.78, 5) is 0. The van der Waals surface area contributed by atoms with Gasteiger partial charge >= 0.3 is 0 Å². The van der Waals surface area contributed by atoms with Crippen LogP contribution in [0.3, 0.4) is 0 Å². The summed E-state index contributed by atoms with van der Waals surface area (Å²) in [5, 5.41) is 0. The molecular weight excluding hydrogens is 292 g/mol. The molecule has 2 rings (SSSR count). The molecule has 0 aliphatic carbocycles. The number of unbranched alkanes of at least 4 members (excludes halogenated alkanes) is 8. The molecule has 2 aromatic rings. The van der Waals surface area contributed by atoms with Crippen LogP contribution in [0.1, 0.15) is 77.2 Å². The summed E-state index contributed by atoms with van der Waals surface area (Å²) in [6, 6.07) is 8.84. The zero-order valence-corrected chi connectivity index (χ0v) is 15.7. The summed E-state index contributed by atoms with van der Waals surface area (Å²) in [6.07, 6.45) is 20.2. The Balaban J connectivity index is 1.73. The van der Waals surface area contributed by atoms with Gasteiger partial charge in [-0.1, -0.05) is 76.5 Å². The third-order valence-electron chi connectivity index (χ3n) is 4.88. The number of aromatic nitrogens is 2. The Kier molecular flexibility index (Phi) is 8.65. The lowest BCUT2D eigenvalue weighted by atomic mass is 10.0. The lowest BCUT2D eigenvalue weighted by molar-refractivity contribution is -0.692. The van der Waals surface area contributed by atoms with Crippen LogP contribution in [0.15, 0.2) is 43.0 Å². The van der Waals surface area contributed by atoms with Crippen LogP contribution in [-0.4, -0.2) is 4.57 Å². The minimum Gasteiger partial charge on any atom is -0.237 e. The molecule has 0 bridgehead atoms. The second kappa shape index (κ2) is 11.1. The highest BCUT2D eigenvalue weighted by molar-refractivity contribution is 5.40. The number of benzene rings is 1. The van der Waals surface area contributed by atoms with E-state index >= 15 is 0 Å². The van der Waals surface area contributed by atoms with Crippen molar-refractivity contribution in [3.05, 3.63) is 48.5 Å². The predicted molar refractivity (Wildman–Crippen MR) is 103 cm³/mol. The van der Waals surface area contributed by atoms with Gasteiger partial charge in [-0.05, 0) is 31.4 Å². The first-order valence-corrected chi connectivity index (χ1v) is 10.0. The molecule has 24 heavy (non-hydrogen) atoms. The largest absolute Gasteiger partial charge is 0.248 e. The SMILES string of the molecule is CCCCCCCCCCCc1ccccc1-n1cc[n+](CC)c1. The van der Waals surface area contributed by atoms with Crippen LogP contribution >= 0.6 is 0 Å². The van der Waals surface area contributed by atoms with E-state index in [0.29, 0.717) is 0 Å². The van der Waals surface area contributed by atoms with E-state index in [9.17, 15) is 0 Å². The number of hydrogen-bond donors (Lipinski definition) is 0. The van der Waals surface area contributed by atoms with Gasteiger partial charge in [-0.15, -0.1) is 0 Å². The highest BCUT2D eigenvalue weighted by Crippen LogP contribution is 2.17. The molecule has 0 saturated carbocycles. The van der Waals surface area contributed by atoms with Gasteiger partial charge in [-0.3, -0.25) is 0 Å². The van der Waals surface area contributed by atoms with Gasteiger partial charge in [-0.25, -0.2) is 9.13 Å². The molecule has 2 nitrogen and oxygen atoms in total. The second-order valence-corrected chi connectivity index (χ2v) is 6.86. The zero-order chi connectivity index (χ0) is 17.0. The molecule has 0 aliphatic heterocycles. The molecule has 0 spiro atoms. The normalized spacial score (nSPS) is 11.1. The van der Waals surface area contributed by atoms with Crippen molar-refractivity contribution >= 4 is 0 Å². The molecule has 0 radical (unpaired) electrons. The van der Waals surface area contributed by atoms with E-state index in [-0.39, 0.29) is 0 Å². The highest BCUT2D eigenvalue weighted by atomic mass is 15.1. The Hall–Kier alpha value is -1.57. The Morgan fingerprint density at radius 2 is 1.50 bits per heavy atom. The van der Waals surface area contributed by atoms with Gasteiger partial charge < -0.3 is 0 Å². The maximum atomic E-state index is 2.29. The van der Waals surface area contributed by atoms with Crippen molar-refractivity contribution in [3.8, 4) is 5.69 Å². The summed E-state index contributed by atoms with van der Waals surface area (Å²) in [5.41, 5.74) is 2.81. The standard InChI is InChI=1S/C22H35N2/c1-3-5-6-7-8-9-10-11-12-15-21-16-13-14-17-22(21)24-19-18-23(4-2)20-24/h13-14,16-20H,3-12,15H2,1-2H3/q+1. The van der Waals surface area contributed by atoms with Crippen molar-refractivity contribution in [1.82, 2.24) is 4.57 Å². The number of nitrogens with zero attached hydrogens (tertiary/aromatic N) is 2. The van der Waals surface area contributed by atoms with Crippen molar-refractivity contribution in [2.24, 2.45) is 0 Å². The van der Waals surface area contributed by atoms with E-state index < -0.39 is 0 Å². The number of rotatable bonds is 12. The molecule has 0 fully saturated rings. The first-order valence-electron chi connectivity index (χ1n) is 10.0. The van der Waals surface area contributed by atoms with Gasteiger partial charge in [0.2, 0.25) is 6.33 Å². The third kappa shape index (κ3) is 6.14. The molecule has 0 N–H and O–H groups in total. The van der Waals surface area contributed by atoms with Crippen molar-refractivity contribution in [2.75, 3.05) is 0 Å². The van der Waals surface area contributed by atoms with E-state index in [1.807, 2.05) is 0 Å². The molecule has 132 valence electrons. The van der Waals surface area contributed by atoms with Crippen LogP contribution in [0.5, 0.6) is 0 Å². The topological polar surface area (TPSA) is 8.81 Å². The average Bonchev–Trinajstić information content (AvgIpc) is 3.10. The Labute approximate surface area is 148 Å². The Bertz CT molecular complexity index is 571. The lowest BCUT2D eigenvalue weighted by Gasteiger charge is -2.06. The maximum absolute atomic E-state index is 2.29. The average molecular weight is 328 g/mol. The van der Waals surface area contributed by atoms with Gasteiger partial charge in [0.1, 0.15) is 18.1 Å². The van der Waals surface area contributed by atoms with Crippen LogP contribution in [0.25, 0.3) is 5.69 Å². The third-order valence-corrected chi connectivity index (χ3v) is 4.88. The molecule has 1 heterocycles. The smallest absolute Gasteiger partial charge is 0.237 e. The Morgan fingerprint density at radius 1 is 0.833 bits per heavy atom. The van der Waals surface area contributed by atoms with Gasteiger partial charge in [-0.2, -0.15) is 0 Å². The van der Waals surface area contributed by atoms with Crippen molar-refractivity contribution in [3.63, 3.8) is 0 Å². The van der Waals surface area contributed by atoms with Crippen molar-refractivity contribution in [2.45, 2.75) is 84.6 Å². The van der Waals surface area contributed by atoms with Gasteiger partial charge in [0.25, 0.3) is 0 Å². The highest BCUT2D eigenvalue weighted by Gasteiger charge is 2.10. The first kappa shape index (κ1) is 18.8. The zero-order valence-electron chi connectivity index (χ0n) is 15.7. The molecule has 0 atom stereocenters. The molecular formula is C22H35N2+. The molecule has 1 aromatic carbocycles. The number of para-hydroxylation sites is 1. The van der Waals surface area contributed by atoms with Crippen molar-refractivity contribution < 1.29 is 4.57 Å². The minimum absolute atomic E-state index is 1.02. The summed E-state index contributed by atoms with van der Waals surface area (Å²) < 4.78 is 4.47. The fourth-order valence-corrected chi connectivity index (χ4v) is 3.32. The molecule has 0 unspecified atom stereocenters. The molecule has 0 aliphatic rings. The van der Waals surface area contributed by atoms with E-state index in [1.54, 1.807) is 0 Å². The summed E-state index contributed by atoms with van der Waals surface area (Å²) in [7, 11) is 0. The van der Waals surface area contributed by atoms with Gasteiger partial charge in [0.15, 0.2) is 0 Å². The van der Waals surface area contributed by atoms with Crippen LogP contribution in [0.2, 0.25) is 0 Å². The second-order valence-electron chi connectivity index (χ2n) is 6.86. The maximum Gasteiger partial charge on any atom is 0.248 e. The van der Waals surface area contributed by atoms with E-state index in [4.69, 9.17) is 0 Å². The number of imidazole rings is 1. The molecule has 0 saturated heterocycles. The molecule has 0 amide bonds. The quantitative estimate of drug-likeness (QED) is 0.341. The van der Waals surface area contributed by atoms with Crippen LogP contribution in [0.4, 0.5) is 0 Å². The predicted octanol–water partition coefficient (Wildman–Crippen LogP) is 5.86. The Morgan fingerprint density at radius 3 is 2.17 bits per heavy atom. The minimum atomic E-state index is 1.02. The summed E-state index contributed by atoms with van der Waals surface area (Å²) in [5.74, 6) is 0. The molecule has 1 aromatic heterocycles. The van der Waals surface area contributed by atoms with Crippen LogP contribution < -0.4 is 4.57 Å². The van der Waals surface area contributed by atoms with Crippen LogP contribution in [-0.2, 0) is 13.0 Å². The first-order chi connectivity index (χ1) is 11.8. The lowest BCUT2D eigenvalue weighted by Crippen LogP contribution is -2.28. The van der Waals surface area contributed by atoms with Crippen LogP contribution in [0, 0.1) is 0 Å².